The zero-order valence-corrected chi connectivity index (χ0v) is 13.3. The smallest absolute Gasteiger partial charge is 0.221 e. The van der Waals surface area contributed by atoms with Gasteiger partial charge in [-0.2, -0.15) is 0 Å². The van der Waals surface area contributed by atoms with Crippen LogP contribution in [0.4, 0.5) is 0 Å². The Kier molecular flexibility index (Phi) is 4.44. The molecule has 1 heterocycles. The van der Waals surface area contributed by atoms with Crippen molar-refractivity contribution in [2.24, 2.45) is 5.92 Å². The molecular weight excluding hydrogens is 298 g/mol. The molecule has 0 unspecified atom stereocenters. The number of hydrogen-bond donors (Lipinski definition) is 0. The summed E-state index contributed by atoms with van der Waals surface area (Å²) in [4.78, 5) is 15.8. The molecule has 1 aliphatic rings. The van der Waals surface area contributed by atoms with Crippen LogP contribution in [0.5, 0.6) is 5.88 Å². The van der Waals surface area contributed by atoms with Gasteiger partial charge in [0.25, 0.3) is 0 Å². The van der Waals surface area contributed by atoms with Crippen LogP contribution in [0.25, 0.3) is 11.1 Å². The number of pyridine rings is 1. The molecule has 0 atom stereocenters. The van der Waals surface area contributed by atoms with Crippen LogP contribution in [-0.2, 0) is 11.2 Å². The normalized spacial score (nSPS) is 13.9. The lowest BCUT2D eigenvalue weighted by atomic mass is 10.0. The number of carbonyl (C=O) groups excluding carboxylic acids is 1. The number of Topliss-reactive ketones (excluding diaryl/α,β-unsaturated/α-hetero) is 1. The number of aromatic nitrogens is 1. The Bertz CT molecular complexity index is 678. The van der Waals surface area contributed by atoms with Crippen LogP contribution in [0.2, 0.25) is 5.02 Å². The van der Waals surface area contributed by atoms with E-state index in [9.17, 15) is 4.79 Å². The van der Waals surface area contributed by atoms with Gasteiger partial charge in [-0.15, -0.1) is 0 Å². The summed E-state index contributed by atoms with van der Waals surface area (Å²) in [6, 6.07) is 9.57. The second kappa shape index (κ2) is 6.49. The molecule has 3 rings (SSSR count). The Hall–Kier alpha value is -1.87. The van der Waals surface area contributed by atoms with Crippen molar-refractivity contribution in [3.05, 3.63) is 47.1 Å². The van der Waals surface area contributed by atoms with Gasteiger partial charge in [0, 0.05) is 23.2 Å². The van der Waals surface area contributed by atoms with Crippen molar-refractivity contribution in [1.82, 2.24) is 4.98 Å². The topological polar surface area (TPSA) is 39.2 Å². The third-order valence-electron chi connectivity index (χ3n) is 3.67. The summed E-state index contributed by atoms with van der Waals surface area (Å²) in [6.45, 7) is 2.29. The van der Waals surface area contributed by atoms with Crippen molar-refractivity contribution >= 4 is 17.4 Å². The van der Waals surface area contributed by atoms with E-state index in [1.807, 2.05) is 30.3 Å². The maximum atomic E-state index is 11.3. The van der Waals surface area contributed by atoms with Crippen LogP contribution in [0.3, 0.4) is 0 Å². The number of ether oxygens (including phenoxy) is 1. The van der Waals surface area contributed by atoms with Gasteiger partial charge >= 0.3 is 0 Å². The van der Waals surface area contributed by atoms with E-state index in [4.69, 9.17) is 16.3 Å². The van der Waals surface area contributed by atoms with E-state index < -0.39 is 0 Å². The summed E-state index contributed by atoms with van der Waals surface area (Å²) in [6.07, 6.45) is 4.58. The van der Waals surface area contributed by atoms with E-state index in [0.717, 1.165) is 16.7 Å². The molecule has 0 saturated heterocycles. The maximum Gasteiger partial charge on any atom is 0.221 e. The first-order chi connectivity index (χ1) is 10.6. The molecule has 1 fully saturated rings. The maximum absolute atomic E-state index is 11.3. The molecule has 0 radical (unpaired) electrons. The van der Waals surface area contributed by atoms with Crippen molar-refractivity contribution < 1.29 is 9.53 Å². The van der Waals surface area contributed by atoms with E-state index in [2.05, 4.69) is 4.98 Å². The molecule has 0 spiro atoms. The minimum Gasteiger partial charge on any atom is -0.477 e. The Labute approximate surface area is 135 Å². The van der Waals surface area contributed by atoms with E-state index in [0.29, 0.717) is 29.8 Å². The fourth-order valence-corrected chi connectivity index (χ4v) is 2.44. The van der Waals surface area contributed by atoms with Crippen molar-refractivity contribution in [2.45, 2.75) is 26.2 Å². The molecule has 1 aromatic carbocycles. The molecule has 1 saturated carbocycles. The second-order valence-corrected chi connectivity index (χ2v) is 6.27. The fourth-order valence-electron chi connectivity index (χ4n) is 2.31. The average Bonchev–Trinajstić information content (AvgIpc) is 3.30. The second-order valence-electron chi connectivity index (χ2n) is 5.84. The van der Waals surface area contributed by atoms with Gasteiger partial charge in [-0.25, -0.2) is 4.98 Å². The number of ketones is 1. The van der Waals surface area contributed by atoms with Gasteiger partial charge in [0.05, 0.1) is 6.61 Å². The van der Waals surface area contributed by atoms with E-state index >= 15 is 0 Å². The number of nitrogens with zero attached hydrogens (tertiary/aromatic N) is 1. The highest BCUT2D eigenvalue weighted by Gasteiger charge is 2.23. The number of benzene rings is 1. The summed E-state index contributed by atoms with van der Waals surface area (Å²) < 4.78 is 5.88. The number of carbonyl (C=O) groups is 1. The summed E-state index contributed by atoms with van der Waals surface area (Å²) in [7, 11) is 0. The third-order valence-corrected chi connectivity index (χ3v) is 3.92. The van der Waals surface area contributed by atoms with E-state index in [1.165, 1.54) is 12.8 Å². The Morgan fingerprint density at radius 3 is 2.68 bits per heavy atom. The molecule has 2 aromatic rings. The molecule has 22 heavy (non-hydrogen) atoms. The predicted octanol–water partition coefficient (Wildman–Crippen LogP) is 4.32. The molecule has 4 heteroatoms. The number of rotatable bonds is 6. The van der Waals surface area contributed by atoms with E-state index in [-0.39, 0.29) is 5.78 Å². The van der Waals surface area contributed by atoms with E-state index in [1.54, 1.807) is 13.1 Å². The highest BCUT2D eigenvalue weighted by atomic mass is 35.5. The van der Waals surface area contributed by atoms with Crippen LogP contribution in [-0.4, -0.2) is 17.4 Å². The summed E-state index contributed by atoms with van der Waals surface area (Å²) in [5.41, 5.74) is 2.81. The van der Waals surface area contributed by atoms with Gasteiger partial charge in [-0.1, -0.05) is 23.7 Å². The van der Waals surface area contributed by atoms with Gasteiger partial charge in [0.15, 0.2) is 0 Å². The zero-order valence-electron chi connectivity index (χ0n) is 12.5. The molecule has 0 amide bonds. The first kappa shape index (κ1) is 15.0. The Morgan fingerprint density at radius 2 is 2.05 bits per heavy atom. The molecule has 0 aliphatic heterocycles. The van der Waals surface area contributed by atoms with Gasteiger partial charge in [0.1, 0.15) is 5.78 Å². The van der Waals surface area contributed by atoms with Crippen LogP contribution >= 0.6 is 11.6 Å². The van der Waals surface area contributed by atoms with Crippen LogP contribution < -0.4 is 4.74 Å². The largest absolute Gasteiger partial charge is 0.477 e. The quantitative estimate of drug-likeness (QED) is 0.796. The summed E-state index contributed by atoms with van der Waals surface area (Å²) in [5.74, 6) is 1.41. The number of halogens is 1. The van der Waals surface area contributed by atoms with Crippen LogP contribution in [0, 0.1) is 5.92 Å². The highest BCUT2D eigenvalue weighted by molar-refractivity contribution is 6.30. The number of hydrogen-bond acceptors (Lipinski definition) is 3. The molecule has 0 N–H and O–H groups in total. The Morgan fingerprint density at radius 1 is 1.32 bits per heavy atom. The molecule has 0 bridgehead atoms. The van der Waals surface area contributed by atoms with Crippen molar-refractivity contribution in [3.63, 3.8) is 0 Å². The predicted molar refractivity (Wildman–Crippen MR) is 87.3 cm³/mol. The lowest BCUT2D eigenvalue weighted by Gasteiger charge is -2.12. The standard InChI is InChI=1S/C18H18ClNO2/c1-12(21)8-14-9-17(15-4-6-16(19)7-5-15)18(20-10-14)22-11-13-2-3-13/h4-7,9-10,13H,2-3,8,11H2,1H3. The van der Waals surface area contributed by atoms with Gasteiger partial charge in [-0.3, -0.25) is 4.79 Å². The van der Waals surface area contributed by atoms with Crippen molar-refractivity contribution in [2.75, 3.05) is 6.61 Å². The minimum absolute atomic E-state index is 0.121. The van der Waals surface area contributed by atoms with Crippen LogP contribution in [0.1, 0.15) is 25.3 Å². The average molecular weight is 316 g/mol. The first-order valence-corrected chi connectivity index (χ1v) is 7.86. The molecular formula is C18H18ClNO2. The van der Waals surface area contributed by atoms with Crippen molar-refractivity contribution in [3.8, 4) is 17.0 Å². The SMILES string of the molecule is CC(=O)Cc1cnc(OCC2CC2)c(-c2ccc(Cl)cc2)c1. The minimum atomic E-state index is 0.121. The summed E-state index contributed by atoms with van der Waals surface area (Å²) >= 11 is 5.96. The zero-order chi connectivity index (χ0) is 15.5. The first-order valence-electron chi connectivity index (χ1n) is 7.49. The Balaban J connectivity index is 1.93. The third kappa shape index (κ3) is 3.86. The lowest BCUT2D eigenvalue weighted by Crippen LogP contribution is -2.04. The lowest BCUT2D eigenvalue weighted by molar-refractivity contribution is -0.116. The fraction of sp³-hybridized carbons (Fsp3) is 0.333. The molecule has 114 valence electrons. The monoisotopic (exact) mass is 315 g/mol. The molecule has 1 aliphatic carbocycles. The van der Waals surface area contributed by atoms with Gasteiger partial charge in [0.2, 0.25) is 5.88 Å². The van der Waals surface area contributed by atoms with Gasteiger partial charge in [-0.05, 0) is 55.0 Å². The summed E-state index contributed by atoms with van der Waals surface area (Å²) in [5, 5.41) is 0.692. The van der Waals surface area contributed by atoms with Crippen molar-refractivity contribution in [1.29, 1.82) is 0 Å². The molecule has 3 nitrogen and oxygen atoms in total. The van der Waals surface area contributed by atoms with Crippen LogP contribution in [0.15, 0.2) is 36.5 Å². The molecule has 1 aromatic heterocycles. The highest BCUT2D eigenvalue weighted by Crippen LogP contribution is 2.33. The van der Waals surface area contributed by atoms with Gasteiger partial charge < -0.3 is 4.74 Å².